The predicted octanol–water partition coefficient (Wildman–Crippen LogP) is 3.30. The van der Waals surface area contributed by atoms with Crippen molar-refractivity contribution in [2.24, 2.45) is 0 Å². The fraction of sp³-hybridized carbons (Fsp3) is 0.174. The standard InChI is InChI=1S/C23H19F3N4O3/c1-4-28-21(11-31)27-30(23(28)33)20-9-14-15(8-18(20)26)22(32)29(10-16(14)12(2)3)19-7-13(24)5-6-17(19)25/h5-10,31H,2,4,11H2,1,3H3. The van der Waals surface area contributed by atoms with E-state index < -0.39 is 35.3 Å². The largest absolute Gasteiger partial charge is 0.388 e. The SMILES string of the molecule is C=C(C)c1cn(-c2cc(F)ccc2F)c(=O)c2cc(F)c(-n3nc(CO)n(CC)c3=O)cc12. The second kappa shape index (κ2) is 8.21. The second-order valence-corrected chi connectivity index (χ2v) is 7.46. The Morgan fingerprint density at radius 1 is 1.06 bits per heavy atom. The average molecular weight is 456 g/mol. The van der Waals surface area contributed by atoms with Crippen LogP contribution in [0, 0.1) is 17.5 Å². The normalized spacial score (nSPS) is 11.3. The summed E-state index contributed by atoms with van der Waals surface area (Å²) >= 11 is 0. The lowest BCUT2D eigenvalue weighted by Crippen LogP contribution is -2.25. The fourth-order valence-electron chi connectivity index (χ4n) is 3.73. The van der Waals surface area contributed by atoms with Crippen molar-refractivity contribution in [2.75, 3.05) is 0 Å². The first-order valence-corrected chi connectivity index (χ1v) is 9.98. The van der Waals surface area contributed by atoms with Gasteiger partial charge in [0, 0.05) is 24.4 Å². The molecule has 0 amide bonds. The van der Waals surface area contributed by atoms with Gasteiger partial charge in [0.1, 0.15) is 29.7 Å². The van der Waals surface area contributed by atoms with Gasteiger partial charge in [-0.1, -0.05) is 6.58 Å². The highest BCUT2D eigenvalue weighted by Crippen LogP contribution is 2.27. The van der Waals surface area contributed by atoms with E-state index in [1.807, 2.05) is 0 Å². The Balaban J connectivity index is 2.07. The number of nitrogens with zero attached hydrogens (tertiary/aromatic N) is 4. The molecule has 2 aromatic carbocycles. The monoisotopic (exact) mass is 456 g/mol. The van der Waals surface area contributed by atoms with Crippen molar-refractivity contribution in [2.45, 2.75) is 27.0 Å². The van der Waals surface area contributed by atoms with E-state index in [-0.39, 0.29) is 34.5 Å². The van der Waals surface area contributed by atoms with Gasteiger partial charge in [-0.15, -0.1) is 5.10 Å². The third-order valence-corrected chi connectivity index (χ3v) is 5.34. The summed E-state index contributed by atoms with van der Waals surface area (Å²) < 4.78 is 46.2. The zero-order chi connectivity index (χ0) is 24.0. The van der Waals surface area contributed by atoms with Crippen LogP contribution in [-0.4, -0.2) is 24.0 Å². The van der Waals surface area contributed by atoms with Gasteiger partial charge in [0.05, 0.1) is 11.1 Å². The number of aliphatic hydroxyl groups excluding tert-OH is 1. The van der Waals surface area contributed by atoms with E-state index in [9.17, 15) is 23.5 Å². The van der Waals surface area contributed by atoms with Crippen LogP contribution in [0.15, 0.2) is 52.7 Å². The molecule has 0 fully saturated rings. The van der Waals surface area contributed by atoms with Crippen molar-refractivity contribution < 1.29 is 18.3 Å². The third-order valence-electron chi connectivity index (χ3n) is 5.34. The van der Waals surface area contributed by atoms with E-state index in [1.54, 1.807) is 13.8 Å². The summed E-state index contributed by atoms with van der Waals surface area (Å²) in [5.41, 5.74) is -1.19. The van der Waals surface area contributed by atoms with Crippen LogP contribution in [-0.2, 0) is 13.2 Å². The van der Waals surface area contributed by atoms with E-state index in [0.717, 1.165) is 33.5 Å². The summed E-state index contributed by atoms with van der Waals surface area (Å²) in [5.74, 6) is -2.46. The first kappa shape index (κ1) is 22.3. The molecule has 2 aromatic heterocycles. The number of aliphatic hydroxyl groups is 1. The summed E-state index contributed by atoms with van der Waals surface area (Å²) in [5, 5.41) is 13.6. The average Bonchev–Trinajstić information content (AvgIpc) is 3.10. The Labute approximate surface area is 185 Å². The molecule has 170 valence electrons. The van der Waals surface area contributed by atoms with Gasteiger partial charge < -0.3 is 5.11 Å². The number of aromatic nitrogens is 4. The van der Waals surface area contributed by atoms with Gasteiger partial charge in [-0.3, -0.25) is 13.9 Å². The van der Waals surface area contributed by atoms with Crippen LogP contribution in [0.5, 0.6) is 0 Å². The van der Waals surface area contributed by atoms with Crippen LogP contribution in [0.4, 0.5) is 13.2 Å². The maximum atomic E-state index is 15.1. The quantitative estimate of drug-likeness (QED) is 0.500. The van der Waals surface area contributed by atoms with Crippen molar-refractivity contribution in [3.63, 3.8) is 0 Å². The zero-order valence-electron chi connectivity index (χ0n) is 17.8. The molecule has 10 heteroatoms. The molecule has 0 saturated heterocycles. The predicted molar refractivity (Wildman–Crippen MR) is 117 cm³/mol. The number of benzene rings is 2. The fourth-order valence-corrected chi connectivity index (χ4v) is 3.73. The minimum Gasteiger partial charge on any atom is -0.388 e. The molecule has 7 nitrogen and oxygen atoms in total. The molecule has 0 aliphatic heterocycles. The van der Waals surface area contributed by atoms with Gasteiger partial charge in [0.15, 0.2) is 5.82 Å². The number of fused-ring (bicyclic) bond motifs is 1. The topological polar surface area (TPSA) is 82.0 Å². The molecule has 33 heavy (non-hydrogen) atoms. The van der Waals surface area contributed by atoms with E-state index in [4.69, 9.17) is 0 Å². The Bertz CT molecular complexity index is 1550. The first-order valence-electron chi connectivity index (χ1n) is 9.98. The summed E-state index contributed by atoms with van der Waals surface area (Å²) in [7, 11) is 0. The number of allylic oxidation sites excluding steroid dienone is 1. The van der Waals surface area contributed by atoms with Crippen molar-refractivity contribution in [3.05, 3.63) is 92.8 Å². The minimum absolute atomic E-state index is 0.0547. The van der Waals surface area contributed by atoms with Crippen molar-refractivity contribution >= 4 is 16.3 Å². The van der Waals surface area contributed by atoms with E-state index in [1.165, 1.54) is 16.8 Å². The van der Waals surface area contributed by atoms with Crippen LogP contribution < -0.4 is 11.2 Å². The molecular formula is C23H19F3N4O3. The third kappa shape index (κ3) is 3.58. The molecule has 1 N–H and O–H groups in total. The van der Waals surface area contributed by atoms with Crippen LogP contribution in [0.25, 0.3) is 27.7 Å². The number of rotatable bonds is 5. The summed E-state index contributed by atoms with van der Waals surface area (Å²) in [6.07, 6.45) is 1.29. The number of hydrogen-bond donors (Lipinski definition) is 1. The lowest BCUT2D eigenvalue weighted by molar-refractivity contribution is 0.264. The zero-order valence-corrected chi connectivity index (χ0v) is 17.8. The van der Waals surface area contributed by atoms with Crippen LogP contribution >= 0.6 is 0 Å². The Hall–Kier alpha value is -3.92. The molecule has 0 aliphatic carbocycles. The molecular weight excluding hydrogens is 437 g/mol. The Morgan fingerprint density at radius 3 is 2.39 bits per heavy atom. The second-order valence-electron chi connectivity index (χ2n) is 7.46. The van der Waals surface area contributed by atoms with E-state index >= 15 is 4.39 Å². The van der Waals surface area contributed by atoms with Crippen LogP contribution in [0.1, 0.15) is 25.2 Å². The molecule has 0 atom stereocenters. The summed E-state index contributed by atoms with van der Waals surface area (Å²) in [4.78, 5) is 25.8. The van der Waals surface area contributed by atoms with Gasteiger partial charge in [-0.25, -0.2) is 18.0 Å². The van der Waals surface area contributed by atoms with Crippen molar-refractivity contribution in [3.8, 4) is 11.4 Å². The van der Waals surface area contributed by atoms with Crippen LogP contribution in [0.3, 0.4) is 0 Å². The van der Waals surface area contributed by atoms with Crippen LogP contribution in [0.2, 0.25) is 0 Å². The van der Waals surface area contributed by atoms with Gasteiger partial charge >= 0.3 is 5.69 Å². The molecule has 4 rings (SSSR count). The van der Waals surface area contributed by atoms with Gasteiger partial charge in [-0.05, 0) is 49.1 Å². The highest BCUT2D eigenvalue weighted by molar-refractivity contribution is 5.94. The van der Waals surface area contributed by atoms with E-state index in [0.29, 0.717) is 11.1 Å². The maximum absolute atomic E-state index is 15.1. The summed E-state index contributed by atoms with van der Waals surface area (Å²) in [6.45, 7) is 6.87. The molecule has 2 heterocycles. The highest BCUT2D eigenvalue weighted by atomic mass is 19.1. The number of pyridine rings is 1. The van der Waals surface area contributed by atoms with E-state index in [2.05, 4.69) is 11.7 Å². The molecule has 0 aliphatic rings. The minimum atomic E-state index is -0.933. The van der Waals surface area contributed by atoms with Gasteiger partial charge in [0.2, 0.25) is 0 Å². The van der Waals surface area contributed by atoms with Crippen molar-refractivity contribution in [1.29, 1.82) is 0 Å². The summed E-state index contributed by atoms with van der Waals surface area (Å²) in [6, 6.07) is 4.87. The number of halogens is 3. The first-order chi connectivity index (χ1) is 15.7. The molecule has 4 aromatic rings. The molecule has 0 spiro atoms. The molecule has 0 saturated carbocycles. The molecule has 0 bridgehead atoms. The maximum Gasteiger partial charge on any atom is 0.350 e. The van der Waals surface area contributed by atoms with Gasteiger partial charge in [0.25, 0.3) is 5.56 Å². The Kier molecular flexibility index (Phi) is 5.54. The Morgan fingerprint density at radius 2 is 1.79 bits per heavy atom. The molecule has 0 unspecified atom stereocenters. The smallest absolute Gasteiger partial charge is 0.350 e. The highest BCUT2D eigenvalue weighted by Gasteiger charge is 2.20. The number of hydrogen-bond acceptors (Lipinski definition) is 4. The van der Waals surface area contributed by atoms with Crippen molar-refractivity contribution in [1.82, 2.24) is 18.9 Å². The lowest BCUT2D eigenvalue weighted by atomic mass is 10.0. The van der Waals surface area contributed by atoms with Gasteiger partial charge in [-0.2, -0.15) is 4.68 Å². The molecule has 0 radical (unpaired) electrons. The lowest BCUT2D eigenvalue weighted by Gasteiger charge is -2.14.